The largest absolute Gasteiger partial charge is 0.477 e. The molecule has 3 rings (SSSR count). The molecule has 1 aliphatic carbocycles. The first kappa shape index (κ1) is 18.1. The molecule has 1 saturated carbocycles. The smallest absolute Gasteiger partial charge is 0.224 e. The topological polar surface area (TPSA) is 42.4 Å². The average Bonchev–Trinajstić information content (AvgIpc) is 3.15. The predicted octanol–water partition coefficient (Wildman–Crippen LogP) is 4.12. The van der Waals surface area contributed by atoms with Gasteiger partial charge in [0.25, 0.3) is 0 Å². The second-order valence-corrected chi connectivity index (χ2v) is 8.07. The van der Waals surface area contributed by atoms with Gasteiger partial charge in [0.2, 0.25) is 11.7 Å². The van der Waals surface area contributed by atoms with Gasteiger partial charge in [-0.05, 0) is 75.2 Å². The summed E-state index contributed by atoms with van der Waals surface area (Å²) >= 11 is 1.45. The van der Waals surface area contributed by atoms with Crippen LogP contribution in [0, 0.1) is 11.8 Å². The van der Waals surface area contributed by atoms with Crippen molar-refractivity contribution < 1.29 is 9.53 Å². The van der Waals surface area contributed by atoms with E-state index in [4.69, 9.17) is 4.74 Å². The Labute approximate surface area is 153 Å². The summed E-state index contributed by atoms with van der Waals surface area (Å²) in [5, 5.41) is 1.91. The Morgan fingerprint density at radius 2 is 1.96 bits per heavy atom. The summed E-state index contributed by atoms with van der Waals surface area (Å²) in [6, 6.07) is 7.33. The van der Waals surface area contributed by atoms with Crippen LogP contribution in [0.3, 0.4) is 0 Å². The maximum absolute atomic E-state index is 12.6. The highest BCUT2D eigenvalue weighted by Crippen LogP contribution is 2.30. The average molecular weight is 359 g/mol. The molecule has 5 heteroatoms. The van der Waals surface area contributed by atoms with Crippen molar-refractivity contribution in [2.45, 2.75) is 25.7 Å². The van der Waals surface area contributed by atoms with Crippen LogP contribution in [0.1, 0.15) is 40.9 Å². The lowest BCUT2D eigenvalue weighted by atomic mass is 9.82. The monoisotopic (exact) mass is 358 g/mol. The van der Waals surface area contributed by atoms with E-state index in [1.165, 1.54) is 43.6 Å². The summed E-state index contributed by atoms with van der Waals surface area (Å²) in [6.07, 6.45) is 6.60. The van der Waals surface area contributed by atoms with Gasteiger partial charge in [-0.15, -0.1) is 11.3 Å². The van der Waals surface area contributed by atoms with E-state index < -0.39 is 0 Å². The fourth-order valence-electron chi connectivity index (χ4n) is 3.51. The number of rotatable bonds is 7. The molecule has 1 aliphatic rings. The quantitative estimate of drug-likeness (QED) is 0.698. The number of nitrogens with zero attached hydrogens (tertiary/aromatic N) is 2. The van der Waals surface area contributed by atoms with Gasteiger partial charge in [0.1, 0.15) is 0 Å². The lowest BCUT2D eigenvalue weighted by molar-refractivity contribution is 0.103. The van der Waals surface area contributed by atoms with Crippen LogP contribution in [0.25, 0.3) is 0 Å². The van der Waals surface area contributed by atoms with Gasteiger partial charge < -0.3 is 9.64 Å². The Morgan fingerprint density at radius 3 is 2.64 bits per heavy atom. The third-order valence-electron chi connectivity index (χ3n) is 4.81. The van der Waals surface area contributed by atoms with Gasteiger partial charge in [-0.2, -0.15) is 0 Å². The van der Waals surface area contributed by atoms with E-state index >= 15 is 0 Å². The summed E-state index contributed by atoms with van der Waals surface area (Å²) in [6.45, 7) is 1.82. The number of thiophene rings is 1. The molecule has 25 heavy (non-hydrogen) atoms. The molecule has 2 heterocycles. The maximum atomic E-state index is 12.6. The predicted molar refractivity (Wildman–Crippen MR) is 101 cm³/mol. The van der Waals surface area contributed by atoms with E-state index in [9.17, 15) is 4.79 Å². The van der Waals surface area contributed by atoms with Crippen LogP contribution in [0.2, 0.25) is 0 Å². The number of carbonyl (C=O) groups is 1. The lowest BCUT2D eigenvalue weighted by Crippen LogP contribution is -2.27. The SMILES string of the molecule is CN(C)CC1CCC(COc2ncccc2C(=O)c2cccs2)CC1. The molecule has 0 N–H and O–H groups in total. The Bertz CT molecular complexity index is 677. The molecular weight excluding hydrogens is 332 g/mol. The molecule has 0 bridgehead atoms. The Balaban J connectivity index is 1.57. The molecule has 0 saturated heterocycles. The van der Waals surface area contributed by atoms with Crippen molar-refractivity contribution in [3.05, 3.63) is 46.3 Å². The van der Waals surface area contributed by atoms with Crippen LogP contribution in [0.15, 0.2) is 35.8 Å². The normalized spacial score (nSPS) is 20.6. The Hall–Kier alpha value is -1.72. The van der Waals surface area contributed by atoms with Crippen molar-refractivity contribution in [1.29, 1.82) is 0 Å². The summed E-state index contributed by atoms with van der Waals surface area (Å²) in [5.41, 5.74) is 0.561. The second kappa shape index (κ2) is 8.59. The maximum Gasteiger partial charge on any atom is 0.224 e. The first-order chi connectivity index (χ1) is 12.1. The molecule has 0 amide bonds. The summed E-state index contributed by atoms with van der Waals surface area (Å²) < 4.78 is 5.97. The first-order valence-corrected chi connectivity index (χ1v) is 9.82. The molecule has 0 unspecified atom stereocenters. The van der Waals surface area contributed by atoms with E-state index in [-0.39, 0.29) is 5.78 Å². The number of ether oxygens (including phenoxy) is 1. The third kappa shape index (κ3) is 4.89. The first-order valence-electron chi connectivity index (χ1n) is 8.94. The van der Waals surface area contributed by atoms with Gasteiger partial charge in [-0.25, -0.2) is 4.98 Å². The van der Waals surface area contributed by atoms with Crippen LogP contribution >= 0.6 is 11.3 Å². The van der Waals surface area contributed by atoms with Crippen LogP contribution in [-0.4, -0.2) is 42.9 Å². The van der Waals surface area contributed by atoms with Gasteiger partial charge in [0, 0.05) is 12.7 Å². The van der Waals surface area contributed by atoms with Crippen molar-refractivity contribution in [2.24, 2.45) is 11.8 Å². The van der Waals surface area contributed by atoms with E-state index in [1.807, 2.05) is 17.5 Å². The molecule has 1 fully saturated rings. The molecule has 4 nitrogen and oxygen atoms in total. The summed E-state index contributed by atoms with van der Waals surface area (Å²) in [7, 11) is 4.28. The third-order valence-corrected chi connectivity index (χ3v) is 5.67. The second-order valence-electron chi connectivity index (χ2n) is 7.12. The Kier molecular flexibility index (Phi) is 6.21. The highest BCUT2D eigenvalue weighted by molar-refractivity contribution is 7.12. The van der Waals surface area contributed by atoms with E-state index in [1.54, 1.807) is 18.3 Å². The van der Waals surface area contributed by atoms with Gasteiger partial charge in [0.05, 0.1) is 17.0 Å². The number of pyridine rings is 1. The van der Waals surface area contributed by atoms with E-state index in [0.29, 0.717) is 24.0 Å². The number of aromatic nitrogens is 1. The lowest BCUT2D eigenvalue weighted by Gasteiger charge is -2.30. The van der Waals surface area contributed by atoms with Crippen molar-refractivity contribution in [1.82, 2.24) is 9.88 Å². The molecule has 2 aromatic rings. The highest BCUT2D eigenvalue weighted by atomic mass is 32.1. The number of ketones is 1. The van der Waals surface area contributed by atoms with Gasteiger partial charge in [0.15, 0.2) is 0 Å². The molecular formula is C20H26N2O2S. The zero-order valence-corrected chi connectivity index (χ0v) is 15.8. The van der Waals surface area contributed by atoms with Crippen molar-refractivity contribution >= 4 is 17.1 Å². The fraction of sp³-hybridized carbons (Fsp3) is 0.500. The molecule has 0 aliphatic heterocycles. The van der Waals surface area contributed by atoms with Gasteiger partial charge >= 0.3 is 0 Å². The molecule has 134 valence electrons. The number of hydrogen-bond acceptors (Lipinski definition) is 5. The zero-order valence-electron chi connectivity index (χ0n) is 15.0. The highest BCUT2D eigenvalue weighted by Gasteiger charge is 2.23. The van der Waals surface area contributed by atoms with Crippen molar-refractivity contribution in [3.8, 4) is 5.88 Å². The number of carbonyl (C=O) groups excluding carboxylic acids is 1. The molecule has 0 spiro atoms. The van der Waals surface area contributed by atoms with Crippen LogP contribution in [-0.2, 0) is 0 Å². The van der Waals surface area contributed by atoms with Crippen molar-refractivity contribution in [2.75, 3.05) is 27.2 Å². The minimum absolute atomic E-state index is 0.00667. The minimum Gasteiger partial charge on any atom is -0.477 e. The van der Waals surface area contributed by atoms with Gasteiger partial charge in [-0.1, -0.05) is 6.07 Å². The van der Waals surface area contributed by atoms with Crippen LogP contribution in [0.4, 0.5) is 0 Å². The van der Waals surface area contributed by atoms with Crippen molar-refractivity contribution in [3.63, 3.8) is 0 Å². The van der Waals surface area contributed by atoms with Gasteiger partial charge in [-0.3, -0.25) is 4.79 Å². The van der Waals surface area contributed by atoms with E-state index in [2.05, 4.69) is 24.0 Å². The van der Waals surface area contributed by atoms with Crippen LogP contribution in [0.5, 0.6) is 5.88 Å². The molecule has 0 aromatic carbocycles. The molecule has 0 radical (unpaired) electrons. The van der Waals surface area contributed by atoms with Crippen LogP contribution < -0.4 is 4.74 Å². The standard InChI is InChI=1S/C20H26N2O2S/c1-22(2)13-15-7-9-16(10-8-15)14-24-20-17(5-3-11-21-20)19(23)18-6-4-12-25-18/h3-6,11-12,15-16H,7-10,13-14H2,1-2H3. The molecule has 0 atom stereocenters. The summed E-state index contributed by atoms with van der Waals surface area (Å²) in [5.74, 6) is 1.83. The number of hydrogen-bond donors (Lipinski definition) is 0. The minimum atomic E-state index is -0.00667. The zero-order chi connectivity index (χ0) is 17.6. The summed E-state index contributed by atoms with van der Waals surface area (Å²) in [4.78, 5) is 19.9. The Morgan fingerprint density at radius 1 is 1.20 bits per heavy atom. The fourth-order valence-corrected chi connectivity index (χ4v) is 4.19. The van der Waals surface area contributed by atoms with E-state index in [0.717, 1.165) is 10.8 Å². The molecule has 2 aromatic heterocycles.